The standard InChI is InChI=1S/C23H27N3O2/c1-5-17-10-6-9-13-21(17)25(4)23(28)24-20-15-26(14-16(2)3)22(27)19-12-8-7-11-18(19)20/h6-13,16H,5,14-15H2,1-4H3. The normalized spacial score (nSPS) is 15.1. The average Bonchev–Trinajstić information content (AvgIpc) is 2.70. The van der Waals surface area contributed by atoms with Crippen LogP contribution in [0.4, 0.5) is 10.5 Å². The largest absolute Gasteiger partial charge is 0.348 e. The highest BCUT2D eigenvalue weighted by Crippen LogP contribution is 2.23. The first-order valence-electron chi connectivity index (χ1n) is 9.74. The van der Waals surface area contributed by atoms with Gasteiger partial charge in [0, 0.05) is 30.4 Å². The Hall–Kier alpha value is -2.95. The van der Waals surface area contributed by atoms with Crippen LogP contribution in [0.2, 0.25) is 0 Å². The predicted molar refractivity (Wildman–Crippen MR) is 113 cm³/mol. The highest BCUT2D eigenvalue weighted by atomic mass is 16.2. The quantitative estimate of drug-likeness (QED) is 0.793. The van der Waals surface area contributed by atoms with Gasteiger partial charge in [-0.25, -0.2) is 4.79 Å². The van der Waals surface area contributed by atoms with E-state index < -0.39 is 0 Å². The predicted octanol–water partition coefficient (Wildman–Crippen LogP) is 4.41. The number of rotatable bonds is 4. The summed E-state index contributed by atoms with van der Waals surface area (Å²) in [5.41, 5.74) is 3.95. The number of hydrogen-bond acceptors (Lipinski definition) is 2. The van der Waals surface area contributed by atoms with Crippen molar-refractivity contribution in [2.45, 2.75) is 27.2 Å². The number of urea groups is 1. The van der Waals surface area contributed by atoms with Gasteiger partial charge in [0.05, 0.1) is 12.3 Å². The molecule has 0 radical (unpaired) electrons. The van der Waals surface area contributed by atoms with Gasteiger partial charge in [-0.3, -0.25) is 9.69 Å². The molecule has 0 saturated carbocycles. The van der Waals surface area contributed by atoms with E-state index in [9.17, 15) is 9.59 Å². The first kappa shape index (κ1) is 19.8. The van der Waals surface area contributed by atoms with Crippen LogP contribution in [0.25, 0.3) is 0 Å². The summed E-state index contributed by atoms with van der Waals surface area (Å²) in [6.45, 7) is 7.20. The number of carbonyl (C=O) groups is 2. The van der Waals surface area contributed by atoms with Gasteiger partial charge < -0.3 is 4.90 Å². The molecule has 5 nitrogen and oxygen atoms in total. The van der Waals surface area contributed by atoms with Gasteiger partial charge >= 0.3 is 6.03 Å². The van der Waals surface area contributed by atoms with E-state index in [-0.39, 0.29) is 11.9 Å². The second-order valence-electron chi connectivity index (χ2n) is 7.51. The van der Waals surface area contributed by atoms with Crippen LogP contribution in [0.1, 0.15) is 42.3 Å². The zero-order valence-corrected chi connectivity index (χ0v) is 17.0. The Morgan fingerprint density at radius 3 is 2.43 bits per heavy atom. The molecule has 0 aliphatic carbocycles. The third-order valence-electron chi connectivity index (χ3n) is 4.93. The fourth-order valence-electron chi connectivity index (χ4n) is 3.54. The Labute approximate surface area is 166 Å². The molecule has 0 aromatic heterocycles. The van der Waals surface area contributed by atoms with Crippen molar-refractivity contribution >= 4 is 23.3 Å². The molecule has 0 N–H and O–H groups in total. The number of hydrogen-bond donors (Lipinski definition) is 0. The zero-order chi connectivity index (χ0) is 20.3. The molecule has 1 aliphatic rings. The maximum atomic E-state index is 12.9. The summed E-state index contributed by atoms with van der Waals surface area (Å²) in [4.78, 5) is 33.5. The van der Waals surface area contributed by atoms with Crippen molar-refractivity contribution in [2.75, 3.05) is 25.0 Å². The SMILES string of the molecule is CCc1ccccc1N(C)C(=O)N=C1CN(CC(C)C)C(=O)c2ccccc21. The summed E-state index contributed by atoms with van der Waals surface area (Å²) in [5, 5.41) is 0. The maximum Gasteiger partial charge on any atom is 0.348 e. The monoisotopic (exact) mass is 377 g/mol. The third kappa shape index (κ3) is 3.98. The number of aliphatic imine (C=N–C) groups is 1. The van der Waals surface area contributed by atoms with E-state index in [0.717, 1.165) is 23.2 Å². The van der Waals surface area contributed by atoms with Crippen molar-refractivity contribution in [3.05, 3.63) is 65.2 Å². The number of anilines is 1. The highest BCUT2D eigenvalue weighted by molar-refractivity contribution is 6.19. The van der Waals surface area contributed by atoms with Gasteiger partial charge in [-0.05, 0) is 30.0 Å². The summed E-state index contributed by atoms with van der Waals surface area (Å²) in [6.07, 6.45) is 0.837. The topological polar surface area (TPSA) is 53.0 Å². The lowest BCUT2D eigenvalue weighted by Gasteiger charge is -2.31. The maximum absolute atomic E-state index is 12.9. The van der Waals surface area contributed by atoms with Crippen LogP contribution < -0.4 is 4.90 Å². The number of nitrogens with zero attached hydrogens (tertiary/aromatic N) is 3. The van der Waals surface area contributed by atoms with E-state index in [4.69, 9.17) is 0 Å². The van der Waals surface area contributed by atoms with Crippen LogP contribution in [0.3, 0.4) is 0 Å². The molecule has 2 aromatic carbocycles. The molecule has 0 unspecified atom stereocenters. The molecule has 0 bridgehead atoms. The molecular weight excluding hydrogens is 350 g/mol. The van der Waals surface area contributed by atoms with Gasteiger partial charge in [-0.2, -0.15) is 4.99 Å². The number of carbonyl (C=O) groups excluding carboxylic acids is 2. The second kappa shape index (κ2) is 8.38. The van der Waals surface area contributed by atoms with Crippen molar-refractivity contribution in [1.29, 1.82) is 0 Å². The number of amides is 3. The van der Waals surface area contributed by atoms with Crippen molar-refractivity contribution < 1.29 is 9.59 Å². The molecule has 1 aliphatic heterocycles. The van der Waals surface area contributed by atoms with E-state index in [2.05, 4.69) is 25.8 Å². The van der Waals surface area contributed by atoms with Gasteiger partial charge in [0.15, 0.2) is 0 Å². The average molecular weight is 377 g/mol. The summed E-state index contributed by atoms with van der Waals surface area (Å²) >= 11 is 0. The Morgan fingerprint density at radius 1 is 1.11 bits per heavy atom. The Bertz CT molecular complexity index is 918. The Kier molecular flexibility index (Phi) is 5.93. The number of benzene rings is 2. The molecule has 28 heavy (non-hydrogen) atoms. The molecular formula is C23H27N3O2. The summed E-state index contributed by atoms with van der Waals surface area (Å²) in [7, 11) is 1.74. The fraction of sp³-hybridized carbons (Fsp3) is 0.348. The van der Waals surface area contributed by atoms with Crippen molar-refractivity contribution in [2.24, 2.45) is 10.9 Å². The number of aryl methyl sites for hydroxylation is 1. The Morgan fingerprint density at radius 2 is 1.75 bits per heavy atom. The minimum Gasteiger partial charge on any atom is -0.332 e. The van der Waals surface area contributed by atoms with Gasteiger partial charge in [0.1, 0.15) is 0 Å². The van der Waals surface area contributed by atoms with Crippen LogP contribution in [-0.2, 0) is 6.42 Å². The van der Waals surface area contributed by atoms with Crippen molar-refractivity contribution in [3.63, 3.8) is 0 Å². The van der Waals surface area contributed by atoms with E-state index in [0.29, 0.717) is 30.3 Å². The molecule has 3 amide bonds. The van der Waals surface area contributed by atoms with E-state index in [1.165, 1.54) is 0 Å². The molecule has 5 heteroatoms. The lowest BCUT2D eigenvalue weighted by Crippen LogP contribution is -2.43. The lowest BCUT2D eigenvalue weighted by molar-refractivity contribution is 0.0755. The minimum atomic E-state index is -0.329. The van der Waals surface area contributed by atoms with Crippen molar-refractivity contribution in [1.82, 2.24) is 4.90 Å². The summed E-state index contributed by atoms with van der Waals surface area (Å²) in [6, 6.07) is 14.9. The first-order chi connectivity index (χ1) is 13.4. The number of fused-ring (bicyclic) bond motifs is 1. The first-order valence-corrected chi connectivity index (χ1v) is 9.74. The van der Waals surface area contributed by atoms with Crippen LogP contribution >= 0.6 is 0 Å². The van der Waals surface area contributed by atoms with Crippen molar-refractivity contribution in [3.8, 4) is 0 Å². The van der Waals surface area contributed by atoms with Gasteiger partial charge in [0.25, 0.3) is 5.91 Å². The van der Waals surface area contributed by atoms with Crippen LogP contribution in [0, 0.1) is 5.92 Å². The summed E-state index contributed by atoms with van der Waals surface area (Å²) in [5.74, 6) is 0.339. The minimum absolute atomic E-state index is 0.000354. The van der Waals surface area contributed by atoms with Gasteiger partial charge in [-0.15, -0.1) is 0 Å². The zero-order valence-electron chi connectivity index (χ0n) is 17.0. The molecule has 1 heterocycles. The fourth-order valence-corrected chi connectivity index (χ4v) is 3.54. The van der Waals surface area contributed by atoms with Gasteiger partial charge in [-0.1, -0.05) is 57.2 Å². The molecule has 146 valence electrons. The molecule has 0 fully saturated rings. The highest BCUT2D eigenvalue weighted by Gasteiger charge is 2.29. The lowest BCUT2D eigenvalue weighted by atomic mass is 9.96. The van der Waals surface area contributed by atoms with E-state index in [1.807, 2.05) is 42.5 Å². The molecule has 0 spiro atoms. The number of para-hydroxylation sites is 1. The van der Waals surface area contributed by atoms with Crippen LogP contribution in [0.15, 0.2) is 53.5 Å². The van der Waals surface area contributed by atoms with Crippen LogP contribution in [-0.4, -0.2) is 42.7 Å². The molecule has 0 saturated heterocycles. The Balaban J connectivity index is 1.96. The molecule has 2 aromatic rings. The second-order valence-corrected chi connectivity index (χ2v) is 7.51. The van der Waals surface area contributed by atoms with Crippen LogP contribution in [0.5, 0.6) is 0 Å². The summed E-state index contributed by atoms with van der Waals surface area (Å²) < 4.78 is 0. The smallest absolute Gasteiger partial charge is 0.332 e. The molecule has 0 atom stereocenters. The molecule has 3 rings (SSSR count). The van der Waals surface area contributed by atoms with E-state index >= 15 is 0 Å². The van der Waals surface area contributed by atoms with E-state index in [1.54, 1.807) is 22.9 Å². The third-order valence-corrected chi connectivity index (χ3v) is 4.93. The van der Waals surface area contributed by atoms with Gasteiger partial charge in [0.2, 0.25) is 0 Å².